The van der Waals surface area contributed by atoms with E-state index in [-0.39, 0.29) is 11.9 Å². The number of nitrogens with zero attached hydrogens (tertiary/aromatic N) is 2. The predicted octanol–water partition coefficient (Wildman–Crippen LogP) is 3.63. The number of carbonyl (C=O) groups excluding carboxylic acids is 1. The molecule has 0 fully saturated rings. The van der Waals surface area contributed by atoms with Crippen molar-refractivity contribution < 1.29 is 9.53 Å². The number of rotatable bonds is 4. The lowest BCUT2D eigenvalue weighted by atomic mass is 9.97. The minimum absolute atomic E-state index is 0.0158. The van der Waals surface area contributed by atoms with Crippen molar-refractivity contribution in [2.45, 2.75) is 12.5 Å². The first kappa shape index (κ1) is 16.7. The van der Waals surface area contributed by atoms with E-state index in [9.17, 15) is 4.79 Å². The molecule has 0 saturated heterocycles. The quantitative estimate of drug-likeness (QED) is 0.852. The van der Waals surface area contributed by atoms with E-state index < -0.39 is 0 Å². The summed E-state index contributed by atoms with van der Waals surface area (Å²) < 4.78 is 5.30. The second-order valence-corrected chi connectivity index (χ2v) is 6.15. The molecule has 4 nitrogen and oxygen atoms in total. The molecule has 1 aliphatic heterocycles. The van der Waals surface area contributed by atoms with Gasteiger partial charge in [0.2, 0.25) is 5.91 Å². The minimum Gasteiger partial charge on any atom is -0.377 e. The summed E-state index contributed by atoms with van der Waals surface area (Å²) in [5.74, 6) is 0.0158. The summed E-state index contributed by atoms with van der Waals surface area (Å²) >= 11 is 6.01. The van der Waals surface area contributed by atoms with Crippen LogP contribution in [0.1, 0.15) is 23.6 Å². The zero-order valence-electron chi connectivity index (χ0n) is 13.5. The largest absolute Gasteiger partial charge is 0.377 e. The van der Waals surface area contributed by atoms with Crippen molar-refractivity contribution in [2.75, 3.05) is 20.3 Å². The van der Waals surface area contributed by atoms with Crippen LogP contribution in [0.25, 0.3) is 0 Å². The summed E-state index contributed by atoms with van der Waals surface area (Å²) in [6.45, 7) is 1.08. The molecule has 2 heterocycles. The molecule has 0 N–H and O–H groups in total. The summed E-state index contributed by atoms with van der Waals surface area (Å²) in [6, 6.07) is 11.2. The lowest BCUT2D eigenvalue weighted by Crippen LogP contribution is -2.34. The number of amides is 1. The molecule has 1 aliphatic rings. The fourth-order valence-corrected chi connectivity index (χ4v) is 3.01. The lowest BCUT2D eigenvalue weighted by Gasteiger charge is -2.30. The first-order chi connectivity index (χ1) is 11.7. The Hall–Kier alpha value is -2.17. The van der Waals surface area contributed by atoms with Gasteiger partial charge in [0.1, 0.15) is 0 Å². The van der Waals surface area contributed by atoms with Gasteiger partial charge >= 0.3 is 0 Å². The molecule has 0 aliphatic carbocycles. The number of halogens is 1. The summed E-state index contributed by atoms with van der Waals surface area (Å²) in [5.41, 5.74) is 2.76. The van der Waals surface area contributed by atoms with Gasteiger partial charge in [-0.15, -0.1) is 0 Å². The Balaban J connectivity index is 1.96. The van der Waals surface area contributed by atoms with Crippen LogP contribution in [0.5, 0.6) is 0 Å². The Morgan fingerprint density at radius 1 is 1.25 bits per heavy atom. The van der Waals surface area contributed by atoms with Gasteiger partial charge in [0.15, 0.2) is 0 Å². The predicted molar refractivity (Wildman–Crippen MR) is 93.8 cm³/mol. The molecule has 0 radical (unpaired) electrons. The number of ether oxygens (including phenoxy) is 1. The molecule has 0 saturated carbocycles. The van der Waals surface area contributed by atoms with Crippen LogP contribution in [-0.2, 0) is 9.53 Å². The van der Waals surface area contributed by atoms with Gasteiger partial charge in [-0.25, -0.2) is 0 Å². The Morgan fingerprint density at radius 3 is 2.67 bits per heavy atom. The fourth-order valence-electron chi connectivity index (χ4n) is 2.89. The zero-order chi connectivity index (χ0) is 16.9. The highest BCUT2D eigenvalue weighted by Gasteiger charge is 2.26. The third kappa shape index (κ3) is 3.66. The van der Waals surface area contributed by atoms with E-state index in [4.69, 9.17) is 16.3 Å². The molecule has 0 unspecified atom stereocenters. The SMILES string of the molecule is CN(C(=O)C1=CCOCC1)[C@@H](c1ccc(Cl)cc1)c1cccnc1. The standard InChI is InChI=1S/C19H19ClN2O2/c1-22(19(23)15-8-11-24-12-9-15)18(16-3-2-10-21-13-16)14-4-6-17(20)7-5-14/h2-8,10,13,18H,9,11-12H2,1H3/t18-/m0/s1. The molecular formula is C19H19ClN2O2. The molecule has 124 valence electrons. The van der Waals surface area contributed by atoms with Crippen molar-refractivity contribution in [3.05, 3.63) is 76.6 Å². The maximum Gasteiger partial charge on any atom is 0.250 e. The van der Waals surface area contributed by atoms with Gasteiger partial charge in [-0.2, -0.15) is 0 Å². The highest BCUT2D eigenvalue weighted by Crippen LogP contribution is 2.29. The van der Waals surface area contributed by atoms with Crippen LogP contribution >= 0.6 is 11.6 Å². The van der Waals surface area contributed by atoms with Gasteiger partial charge in [-0.3, -0.25) is 9.78 Å². The molecule has 3 rings (SSSR count). The van der Waals surface area contributed by atoms with Crippen molar-refractivity contribution in [1.29, 1.82) is 0 Å². The van der Waals surface area contributed by atoms with Gasteiger partial charge in [0.05, 0.1) is 19.3 Å². The second-order valence-electron chi connectivity index (χ2n) is 5.71. The van der Waals surface area contributed by atoms with Crippen LogP contribution in [0, 0.1) is 0 Å². The van der Waals surface area contributed by atoms with Crippen LogP contribution in [-0.4, -0.2) is 36.1 Å². The van der Waals surface area contributed by atoms with Crippen molar-refractivity contribution in [1.82, 2.24) is 9.88 Å². The molecular weight excluding hydrogens is 324 g/mol. The van der Waals surface area contributed by atoms with Crippen molar-refractivity contribution in [3.63, 3.8) is 0 Å². The Bertz CT molecular complexity index is 729. The van der Waals surface area contributed by atoms with E-state index in [1.165, 1.54) is 0 Å². The van der Waals surface area contributed by atoms with Crippen molar-refractivity contribution >= 4 is 17.5 Å². The molecule has 5 heteroatoms. The first-order valence-electron chi connectivity index (χ1n) is 7.86. The summed E-state index contributed by atoms with van der Waals surface area (Å²) in [5, 5.41) is 0.671. The normalized spacial score (nSPS) is 15.5. The average Bonchev–Trinajstić information content (AvgIpc) is 2.64. The van der Waals surface area contributed by atoms with Crippen LogP contribution in [0.3, 0.4) is 0 Å². The van der Waals surface area contributed by atoms with Gasteiger partial charge < -0.3 is 9.64 Å². The third-order valence-electron chi connectivity index (χ3n) is 4.13. The van der Waals surface area contributed by atoms with Gasteiger partial charge in [-0.05, 0) is 29.3 Å². The highest BCUT2D eigenvalue weighted by atomic mass is 35.5. The third-order valence-corrected chi connectivity index (χ3v) is 4.38. The van der Waals surface area contributed by atoms with Crippen LogP contribution in [0.4, 0.5) is 0 Å². The number of carbonyl (C=O) groups is 1. The molecule has 1 amide bonds. The number of hydrogen-bond acceptors (Lipinski definition) is 3. The van der Waals surface area contributed by atoms with E-state index in [0.717, 1.165) is 16.7 Å². The first-order valence-corrected chi connectivity index (χ1v) is 8.24. The summed E-state index contributed by atoms with van der Waals surface area (Å²) in [7, 11) is 1.82. The van der Waals surface area contributed by atoms with E-state index in [2.05, 4.69) is 4.98 Å². The van der Waals surface area contributed by atoms with Crippen molar-refractivity contribution in [2.24, 2.45) is 0 Å². The van der Waals surface area contributed by atoms with Crippen LogP contribution in [0.15, 0.2) is 60.4 Å². The van der Waals surface area contributed by atoms with E-state index in [1.54, 1.807) is 17.3 Å². The fraction of sp³-hybridized carbons (Fsp3) is 0.263. The van der Waals surface area contributed by atoms with Gasteiger partial charge in [0.25, 0.3) is 0 Å². The topological polar surface area (TPSA) is 42.4 Å². The summed E-state index contributed by atoms with van der Waals surface area (Å²) in [4.78, 5) is 18.9. The van der Waals surface area contributed by atoms with Crippen molar-refractivity contribution in [3.8, 4) is 0 Å². The monoisotopic (exact) mass is 342 g/mol. The Morgan fingerprint density at radius 2 is 2.04 bits per heavy atom. The molecule has 1 atom stereocenters. The molecule has 0 spiro atoms. The highest BCUT2D eigenvalue weighted by molar-refractivity contribution is 6.30. The van der Waals surface area contributed by atoms with Gasteiger partial charge in [0, 0.05) is 36.5 Å². The Labute approximate surface area is 146 Å². The summed E-state index contributed by atoms with van der Waals surface area (Å²) in [6.07, 6.45) is 6.03. The van der Waals surface area contributed by atoms with Crippen LogP contribution in [0.2, 0.25) is 5.02 Å². The number of likely N-dealkylation sites (N-methyl/N-ethyl adjacent to an activating group) is 1. The lowest BCUT2D eigenvalue weighted by molar-refractivity contribution is -0.127. The molecule has 1 aromatic heterocycles. The average molecular weight is 343 g/mol. The zero-order valence-corrected chi connectivity index (χ0v) is 14.2. The molecule has 24 heavy (non-hydrogen) atoms. The van der Waals surface area contributed by atoms with E-state index in [0.29, 0.717) is 24.7 Å². The maximum absolute atomic E-state index is 12.9. The molecule has 1 aromatic carbocycles. The minimum atomic E-state index is -0.216. The van der Waals surface area contributed by atoms with E-state index >= 15 is 0 Å². The molecule has 0 bridgehead atoms. The van der Waals surface area contributed by atoms with Crippen LogP contribution < -0.4 is 0 Å². The van der Waals surface area contributed by atoms with Gasteiger partial charge in [-0.1, -0.05) is 35.9 Å². The number of hydrogen-bond donors (Lipinski definition) is 0. The van der Waals surface area contributed by atoms with E-state index in [1.807, 2.05) is 49.5 Å². The molecule has 2 aromatic rings. The number of aromatic nitrogens is 1. The maximum atomic E-state index is 12.9. The Kier molecular flexibility index (Phi) is 5.28. The smallest absolute Gasteiger partial charge is 0.250 e. The number of benzene rings is 1. The second kappa shape index (κ2) is 7.60. The number of pyridine rings is 1.